The number of benzene rings is 1. The number of hydrogen-bond acceptors (Lipinski definition) is 4. The molecule has 2 aromatic rings. The lowest BCUT2D eigenvalue weighted by molar-refractivity contribution is 0.628. The van der Waals surface area contributed by atoms with E-state index in [9.17, 15) is 4.39 Å². The van der Waals surface area contributed by atoms with Gasteiger partial charge in [0.15, 0.2) is 0 Å². The largest absolute Gasteiger partial charge is 0.397 e. The number of halogens is 1. The van der Waals surface area contributed by atoms with Crippen molar-refractivity contribution in [1.29, 1.82) is 5.26 Å². The van der Waals surface area contributed by atoms with Crippen molar-refractivity contribution in [2.45, 2.75) is 0 Å². The molecule has 1 aromatic carbocycles. The van der Waals surface area contributed by atoms with Gasteiger partial charge in [-0.25, -0.2) is 9.37 Å². The maximum atomic E-state index is 12.7. The van der Waals surface area contributed by atoms with Crippen molar-refractivity contribution in [3.63, 3.8) is 0 Å². The SMILES string of the molecule is N#Cc1cc(N)cnc1Nc1ccc(F)cc1. The van der Waals surface area contributed by atoms with Crippen molar-refractivity contribution in [2.24, 2.45) is 0 Å². The predicted molar refractivity (Wildman–Crippen MR) is 63.0 cm³/mol. The molecule has 0 fully saturated rings. The van der Waals surface area contributed by atoms with Crippen molar-refractivity contribution in [3.05, 3.63) is 47.9 Å². The van der Waals surface area contributed by atoms with Gasteiger partial charge >= 0.3 is 0 Å². The van der Waals surface area contributed by atoms with E-state index in [1.165, 1.54) is 24.4 Å². The van der Waals surface area contributed by atoms with Gasteiger partial charge in [-0.05, 0) is 30.3 Å². The number of hydrogen-bond donors (Lipinski definition) is 2. The molecule has 0 amide bonds. The van der Waals surface area contributed by atoms with Crippen molar-refractivity contribution in [3.8, 4) is 6.07 Å². The lowest BCUT2D eigenvalue weighted by atomic mass is 10.2. The van der Waals surface area contributed by atoms with E-state index in [1.54, 1.807) is 12.1 Å². The quantitative estimate of drug-likeness (QED) is 0.827. The summed E-state index contributed by atoms with van der Waals surface area (Å²) in [5, 5.41) is 11.8. The van der Waals surface area contributed by atoms with Crippen molar-refractivity contribution in [1.82, 2.24) is 4.98 Å². The molecule has 4 nitrogen and oxygen atoms in total. The lowest BCUT2D eigenvalue weighted by Gasteiger charge is -2.07. The van der Waals surface area contributed by atoms with Crippen LogP contribution in [0.5, 0.6) is 0 Å². The van der Waals surface area contributed by atoms with Gasteiger partial charge in [0.1, 0.15) is 17.7 Å². The van der Waals surface area contributed by atoms with Gasteiger partial charge in [0, 0.05) is 5.69 Å². The third kappa shape index (κ3) is 2.49. The molecule has 0 unspecified atom stereocenters. The van der Waals surface area contributed by atoms with E-state index < -0.39 is 0 Å². The highest BCUT2D eigenvalue weighted by Gasteiger charge is 2.04. The molecule has 0 saturated heterocycles. The standard InChI is InChI=1S/C12H9FN4/c13-9-1-3-11(4-2-9)17-12-8(6-14)5-10(15)7-16-12/h1-5,7H,15H2,(H,16,17). The summed E-state index contributed by atoms with van der Waals surface area (Å²) < 4.78 is 12.7. The van der Waals surface area contributed by atoms with E-state index in [1.807, 2.05) is 6.07 Å². The second-order valence-electron chi connectivity index (χ2n) is 3.41. The highest BCUT2D eigenvalue weighted by Crippen LogP contribution is 2.19. The lowest BCUT2D eigenvalue weighted by Crippen LogP contribution is -1.98. The van der Waals surface area contributed by atoms with Gasteiger partial charge in [-0.1, -0.05) is 0 Å². The zero-order valence-corrected chi connectivity index (χ0v) is 8.81. The third-order valence-electron chi connectivity index (χ3n) is 2.14. The first-order chi connectivity index (χ1) is 8.19. The zero-order valence-electron chi connectivity index (χ0n) is 8.81. The molecule has 0 radical (unpaired) electrons. The van der Waals surface area contributed by atoms with Crippen LogP contribution >= 0.6 is 0 Å². The van der Waals surface area contributed by atoms with Gasteiger partial charge in [-0.2, -0.15) is 5.26 Å². The maximum Gasteiger partial charge on any atom is 0.148 e. The van der Waals surface area contributed by atoms with Crippen LogP contribution in [-0.4, -0.2) is 4.98 Å². The summed E-state index contributed by atoms with van der Waals surface area (Å²) in [4.78, 5) is 4.01. The van der Waals surface area contributed by atoms with Gasteiger partial charge in [-0.15, -0.1) is 0 Å². The fourth-order valence-corrected chi connectivity index (χ4v) is 1.34. The molecule has 0 saturated carbocycles. The molecule has 1 aromatic heterocycles. The van der Waals surface area contributed by atoms with Gasteiger partial charge in [0.25, 0.3) is 0 Å². The Kier molecular flexibility index (Phi) is 2.88. The van der Waals surface area contributed by atoms with Crippen LogP contribution in [0.3, 0.4) is 0 Å². The Balaban J connectivity index is 2.30. The summed E-state index contributed by atoms with van der Waals surface area (Å²) in [5.41, 5.74) is 6.94. The van der Waals surface area contributed by atoms with Crippen LogP contribution < -0.4 is 11.1 Å². The van der Waals surface area contributed by atoms with Crippen LogP contribution in [0.1, 0.15) is 5.56 Å². The molecule has 5 heteroatoms. The molecule has 3 N–H and O–H groups in total. The molecule has 17 heavy (non-hydrogen) atoms. The van der Waals surface area contributed by atoms with Crippen LogP contribution in [-0.2, 0) is 0 Å². The van der Waals surface area contributed by atoms with E-state index in [0.29, 0.717) is 22.8 Å². The number of nitrogens with one attached hydrogen (secondary N) is 1. The molecular formula is C12H9FN4. The monoisotopic (exact) mass is 228 g/mol. The van der Waals surface area contributed by atoms with E-state index >= 15 is 0 Å². The molecular weight excluding hydrogens is 219 g/mol. The molecule has 1 heterocycles. The molecule has 84 valence electrons. The number of aromatic nitrogens is 1. The zero-order chi connectivity index (χ0) is 12.3. The molecule has 0 aliphatic carbocycles. The first kappa shape index (κ1) is 10.9. The molecule has 0 spiro atoms. The van der Waals surface area contributed by atoms with Crippen LogP contribution in [0.25, 0.3) is 0 Å². The van der Waals surface area contributed by atoms with E-state index in [-0.39, 0.29) is 5.82 Å². The first-order valence-corrected chi connectivity index (χ1v) is 4.87. The average molecular weight is 228 g/mol. The topological polar surface area (TPSA) is 74.7 Å². The van der Waals surface area contributed by atoms with Gasteiger partial charge in [-0.3, -0.25) is 0 Å². The summed E-state index contributed by atoms with van der Waals surface area (Å²) in [7, 11) is 0. The number of nitriles is 1. The van der Waals surface area contributed by atoms with Crippen LogP contribution in [0.4, 0.5) is 21.6 Å². The van der Waals surface area contributed by atoms with Crippen LogP contribution in [0.15, 0.2) is 36.5 Å². The Morgan fingerprint density at radius 3 is 2.65 bits per heavy atom. The Morgan fingerprint density at radius 1 is 1.29 bits per heavy atom. The Morgan fingerprint density at radius 2 is 2.00 bits per heavy atom. The maximum absolute atomic E-state index is 12.7. The van der Waals surface area contributed by atoms with Crippen LogP contribution in [0, 0.1) is 17.1 Å². The Hall–Kier alpha value is -2.61. The minimum Gasteiger partial charge on any atom is -0.397 e. The number of nitrogen functional groups attached to an aromatic ring is 1. The summed E-state index contributed by atoms with van der Waals surface area (Å²) in [6.45, 7) is 0. The van der Waals surface area contributed by atoms with Gasteiger partial charge in [0.05, 0.1) is 17.4 Å². The molecule has 0 atom stereocenters. The molecule has 0 aliphatic heterocycles. The third-order valence-corrected chi connectivity index (χ3v) is 2.14. The Labute approximate surface area is 97.5 Å². The minimum atomic E-state index is -0.318. The van der Waals surface area contributed by atoms with E-state index in [4.69, 9.17) is 11.0 Å². The molecule has 2 rings (SSSR count). The fourth-order valence-electron chi connectivity index (χ4n) is 1.34. The Bertz CT molecular complexity index is 572. The van der Waals surface area contributed by atoms with Gasteiger partial charge in [0.2, 0.25) is 0 Å². The van der Waals surface area contributed by atoms with Crippen LogP contribution in [0.2, 0.25) is 0 Å². The smallest absolute Gasteiger partial charge is 0.148 e. The number of nitrogens with zero attached hydrogens (tertiary/aromatic N) is 2. The summed E-state index contributed by atoms with van der Waals surface area (Å²) >= 11 is 0. The molecule has 0 bridgehead atoms. The van der Waals surface area contributed by atoms with Gasteiger partial charge < -0.3 is 11.1 Å². The number of pyridine rings is 1. The summed E-state index contributed by atoms with van der Waals surface area (Å²) in [6.07, 6.45) is 1.45. The highest BCUT2D eigenvalue weighted by molar-refractivity contribution is 5.64. The number of anilines is 3. The van der Waals surface area contributed by atoms with Crippen molar-refractivity contribution < 1.29 is 4.39 Å². The van der Waals surface area contributed by atoms with Crippen molar-refractivity contribution in [2.75, 3.05) is 11.1 Å². The second-order valence-corrected chi connectivity index (χ2v) is 3.41. The normalized spacial score (nSPS) is 9.65. The first-order valence-electron chi connectivity index (χ1n) is 4.87. The number of rotatable bonds is 2. The fraction of sp³-hybridized carbons (Fsp3) is 0. The van der Waals surface area contributed by atoms with E-state index in [2.05, 4.69) is 10.3 Å². The highest BCUT2D eigenvalue weighted by atomic mass is 19.1. The predicted octanol–water partition coefficient (Wildman–Crippen LogP) is 2.42. The van der Waals surface area contributed by atoms with Crippen molar-refractivity contribution >= 4 is 17.2 Å². The average Bonchev–Trinajstić information content (AvgIpc) is 2.34. The second kappa shape index (κ2) is 4.49. The molecule has 0 aliphatic rings. The minimum absolute atomic E-state index is 0.318. The summed E-state index contributed by atoms with van der Waals surface area (Å²) in [6, 6.07) is 9.29. The number of nitrogens with two attached hydrogens (primary N) is 1. The summed E-state index contributed by atoms with van der Waals surface area (Å²) in [5.74, 6) is 0.0784. The van der Waals surface area contributed by atoms with E-state index in [0.717, 1.165) is 0 Å².